The molecule has 0 saturated carbocycles. The van der Waals surface area contributed by atoms with Crippen LogP contribution in [0.4, 0.5) is 0 Å². The molecule has 1 aromatic carbocycles. The Morgan fingerprint density at radius 3 is 2.37 bits per heavy atom. The first-order valence-electron chi connectivity index (χ1n) is 6.68. The van der Waals surface area contributed by atoms with Crippen LogP contribution in [0.25, 0.3) is 0 Å². The lowest BCUT2D eigenvalue weighted by atomic mass is 10.0. The summed E-state index contributed by atoms with van der Waals surface area (Å²) in [5, 5.41) is 3.62. The first-order chi connectivity index (χ1) is 9.10. The molecule has 0 aliphatic rings. The highest BCUT2D eigenvalue weighted by Crippen LogP contribution is 2.24. The topological polar surface area (TPSA) is 25.2 Å². The van der Waals surface area contributed by atoms with E-state index < -0.39 is 0 Å². The van der Waals surface area contributed by atoms with Crippen molar-refractivity contribution in [3.63, 3.8) is 0 Å². The molecule has 2 nitrogen and oxygen atoms in total. The van der Waals surface area contributed by atoms with Crippen LogP contribution in [0.3, 0.4) is 0 Å². The van der Waals surface area contributed by atoms with Crippen LogP contribution in [0.15, 0.2) is 45.3 Å². The molecule has 2 rings (SSSR count). The molecular weight excluding hydrogens is 302 g/mol. The summed E-state index contributed by atoms with van der Waals surface area (Å²) in [5.41, 5.74) is 1.31. The van der Waals surface area contributed by atoms with Crippen LogP contribution in [0.1, 0.15) is 49.4 Å². The van der Waals surface area contributed by atoms with Gasteiger partial charge in [0.05, 0.1) is 6.04 Å². The summed E-state index contributed by atoms with van der Waals surface area (Å²) in [6.07, 6.45) is 1.05. The molecule has 2 aromatic rings. The van der Waals surface area contributed by atoms with Crippen molar-refractivity contribution in [3.05, 3.63) is 58.0 Å². The second-order valence-corrected chi connectivity index (χ2v) is 5.76. The van der Waals surface area contributed by atoms with Gasteiger partial charge in [-0.1, -0.05) is 35.0 Å². The molecule has 0 radical (unpaired) electrons. The van der Waals surface area contributed by atoms with Gasteiger partial charge in [-0.2, -0.15) is 0 Å². The van der Waals surface area contributed by atoms with E-state index in [9.17, 15) is 0 Å². The molecule has 3 heteroatoms. The van der Waals surface area contributed by atoms with Crippen molar-refractivity contribution in [3.8, 4) is 0 Å². The molecule has 0 aliphatic heterocycles. The third-order valence-electron chi connectivity index (χ3n) is 3.32. The van der Waals surface area contributed by atoms with Gasteiger partial charge in [-0.3, -0.25) is 0 Å². The number of nitrogens with one attached hydrogen (secondary N) is 1. The number of halogens is 1. The fraction of sp³-hybridized carbons (Fsp3) is 0.375. The van der Waals surface area contributed by atoms with Crippen molar-refractivity contribution >= 4 is 15.9 Å². The van der Waals surface area contributed by atoms with Gasteiger partial charge in [-0.25, -0.2) is 0 Å². The first kappa shape index (κ1) is 14.4. The van der Waals surface area contributed by atoms with Crippen molar-refractivity contribution in [1.82, 2.24) is 5.32 Å². The highest BCUT2D eigenvalue weighted by molar-refractivity contribution is 9.10. The summed E-state index contributed by atoms with van der Waals surface area (Å²) >= 11 is 3.47. The minimum absolute atomic E-state index is 0.210. The molecule has 2 unspecified atom stereocenters. The molecule has 1 heterocycles. The fourth-order valence-electron chi connectivity index (χ4n) is 2.21. The highest BCUT2D eigenvalue weighted by atomic mass is 79.9. The predicted molar refractivity (Wildman–Crippen MR) is 82.2 cm³/mol. The van der Waals surface area contributed by atoms with Crippen LogP contribution in [-0.2, 0) is 0 Å². The number of aryl methyl sites for hydroxylation is 1. The van der Waals surface area contributed by atoms with Gasteiger partial charge < -0.3 is 9.73 Å². The van der Waals surface area contributed by atoms with Crippen LogP contribution in [0.2, 0.25) is 0 Å². The van der Waals surface area contributed by atoms with Crippen molar-refractivity contribution in [2.45, 2.75) is 39.3 Å². The summed E-state index contributed by atoms with van der Waals surface area (Å²) in [6, 6.07) is 13.1. The number of hydrogen-bond donors (Lipinski definition) is 1. The second-order valence-electron chi connectivity index (χ2n) is 4.85. The van der Waals surface area contributed by atoms with Crippen molar-refractivity contribution in [2.24, 2.45) is 0 Å². The zero-order chi connectivity index (χ0) is 13.8. The zero-order valence-electron chi connectivity index (χ0n) is 11.6. The molecule has 102 valence electrons. The molecular formula is C16H20BrNO. The average Bonchev–Trinajstić information content (AvgIpc) is 2.84. The van der Waals surface area contributed by atoms with Crippen LogP contribution in [0.5, 0.6) is 0 Å². The Kier molecular flexibility index (Phi) is 4.83. The lowest BCUT2D eigenvalue weighted by Crippen LogP contribution is -2.23. The lowest BCUT2D eigenvalue weighted by molar-refractivity contribution is 0.378. The van der Waals surface area contributed by atoms with Gasteiger partial charge in [0.15, 0.2) is 0 Å². The number of benzene rings is 1. The SMILES string of the molecule is CCC(NC(C)c1ccc(C)o1)c1ccc(Br)cc1. The van der Waals surface area contributed by atoms with E-state index in [-0.39, 0.29) is 6.04 Å². The standard InChI is InChI=1S/C16H20BrNO/c1-4-15(13-6-8-14(17)9-7-13)18-12(3)16-10-5-11(2)19-16/h5-10,12,15,18H,4H2,1-3H3. The third-order valence-corrected chi connectivity index (χ3v) is 3.85. The third kappa shape index (κ3) is 3.71. The second kappa shape index (κ2) is 6.40. The summed E-state index contributed by atoms with van der Waals surface area (Å²) in [6.45, 7) is 6.31. The molecule has 0 bridgehead atoms. The van der Waals surface area contributed by atoms with E-state index in [4.69, 9.17) is 4.42 Å². The molecule has 0 fully saturated rings. The van der Waals surface area contributed by atoms with E-state index in [1.54, 1.807) is 0 Å². The molecule has 1 N–H and O–H groups in total. The maximum Gasteiger partial charge on any atom is 0.120 e. The number of hydrogen-bond acceptors (Lipinski definition) is 2. The normalized spacial score (nSPS) is 14.3. The van der Waals surface area contributed by atoms with Crippen molar-refractivity contribution in [1.29, 1.82) is 0 Å². The largest absolute Gasteiger partial charge is 0.465 e. The van der Waals surface area contributed by atoms with E-state index in [1.165, 1.54) is 5.56 Å². The van der Waals surface area contributed by atoms with Crippen LogP contribution < -0.4 is 5.32 Å². The Labute approximate surface area is 123 Å². The van der Waals surface area contributed by atoms with E-state index in [1.807, 2.05) is 19.1 Å². The molecule has 0 aliphatic carbocycles. The average molecular weight is 322 g/mol. The quantitative estimate of drug-likeness (QED) is 0.823. The molecule has 2 atom stereocenters. The smallest absolute Gasteiger partial charge is 0.120 e. The van der Waals surface area contributed by atoms with E-state index >= 15 is 0 Å². The Morgan fingerprint density at radius 2 is 1.84 bits per heavy atom. The summed E-state index contributed by atoms with van der Waals surface area (Å²) in [5.74, 6) is 1.95. The number of rotatable bonds is 5. The molecule has 0 saturated heterocycles. The minimum Gasteiger partial charge on any atom is -0.465 e. The van der Waals surface area contributed by atoms with Gasteiger partial charge in [-0.15, -0.1) is 0 Å². The van der Waals surface area contributed by atoms with Crippen molar-refractivity contribution < 1.29 is 4.42 Å². The van der Waals surface area contributed by atoms with Gasteiger partial charge in [-0.05, 0) is 50.1 Å². The predicted octanol–water partition coefficient (Wildman–Crippen LogP) is 5.15. The molecule has 0 amide bonds. The van der Waals surface area contributed by atoms with Crippen LogP contribution in [-0.4, -0.2) is 0 Å². The Bertz CT molecular complexity index is 518. The molecule has 1 aromatic heterocycles. The molecule has 0 spiro atoms. The zero-order valence-corrected chi connectivity index (χ0v) is 13.2. The van der Waals surface area contributed by atoms with Crippen LogP contribution in [0, 0.1) is 6.92 Å². The minimum atomic E-state index is 0.210. The van der Waals surface area contributed by atoms with E-state index in [0.29, 0.717) is 6.04 Å². The van der Waals surface area contributed by atoms with E-state index in [2.05, 4.69) is 59.4 Å². The Balaban J connectivity index is 2.08. The van der Waals surface area contributed by atoms with Gasteiger partial charge in [0.2, 0.25) is 0 Å². The first-order valence-corrected chi connectivity index (χ1v) is 7.47. The summed E-state index contributed by atoms with van der Waals surface area (Å²) < 4.78 is 6.79. The van der Waals surface area contributed by atoms with Gasteiger partial charge in [0.1, 0.15) is 11.5 Å². The lowest BCUT2D eigenvalue weighted by Gasteiger charge is -2.21. The maximum absolute atomic E-state index is 5.68. The van der Waals surface area contributed by atoms with E-state index in [0.717, 1.165) is 22.4 Å². The maximum atomic E-state index is 5.68. The highest BCUT2D eigenvalue weighted by Gasteiger charge is 2.15. The van der Waals surface area contributed by atoms with Gasteiger partial charge in [0.25, 0.3) is 0 Å². The van der Waals surface area contributed by atoms with Gasteiger partial charge >= 0.3 is 0 Å². The van der Waals surface area contributed by atoms with Crippen LogP contribution >= 0.6 is 15.9 Å². The summed E-state index contributed by atoms with van der Waals surface area (Å²) in [7, 11) is 0. The summed E-state index contributed by atoms with van der Waals surface area (Å²) in [4.78, 5) is 0. The van der Waals surface area contributed by atoms with Crippen molar-refractivity contribution in [2.75, 3.05) is 0 Å². The molecule has 19 heavy (non-hydrogen) atoms. The Morgan fingerprint density at radius 1 is 1.16 bits per heavy atom. The Hall–Kier alpha value is -1.06. The van der Waals surface area contributed by atoms with Gasteiger partial charge in [0, 0.05) is 10.5 Å². The monoisotopic (exact) mass is 321 g/mol. The fourth-order valence-corrected chi connectivity index (χ4v) is 2.48. The number of furan rings is 1.